The lowest BCUT2D eigenvalue weighted by molar-refractivity contribution is -0.130. The molecule has 1 aliphatic heterocycles. The van der Waals surface area contributed by atoms with Gasteiger partial charge in [-0.15, -0.1) is 11.8 Å². The summed E-state index contributed by atoms with van der Waals surface area (Å²) in [5.41, 5.74) is 0. The van der Waals surface area contributed by atoms with Gasteiger partial charge in [-0.25, -0.2) is 0 Å². The van der Waals surface area contributed by atoms with Crippen LogP contribution in [0, 0.1) is 11.8 Å². The van der Waals surface area contributed by atoms with Gasteiger partial charge >= 0.3 is 0 Å². The Balaban J connectivity index is 2.44. The maximum absolute atomic E-state index is 11.4. The molecule has 0 spiro atoms. The van der Waals surface area contributed by atoms with Crippen molar-refractivity contribution in [1.82, 2.24) is 10.2 Å². The number of hydrogen-bond donors (Lipinski definition) is 1. The molecule has 0 bridgehead atoms. The van der Waals surface area contributed by atoms with Crippen LogP contribution in [-0.2, 0) is 9.59 Å². The van der Waals surface area contributed by atoms with E-state index in [0.29, 0.717) is 25.9 Å². The topological polar surface area (TPSA) is 49.4 Å². The van der Waals surface area contributed by atoms with Crippen molar-refractivity contribution < 1.29 is 9.59 Å². The quantitative estimate of drug-likeness (QED) is 0.616. The molecular weight excluding hydrogens is 180 g/mol. The van der Waals surface area contributed by atoms with Gasteiger partial charge in [0.1, 0.15) is 0 Å². The van der Waals surface area contributed by atoms with Crippen LogP contribution in [0.25, 0.3) is 0 Å². The van der Waals surface area contributed by atoms with E-state index in [9.17, 15) is 9.59 Å². The summed E-state index contributed by atoms with van der Waals surface area (Å²) in [4.78, 5) is 24.1. The number of nitrogens with zero attached hydrogens (tertiary/aromatic N) is 1. The SMILES string of the molecule is CC#CCCN1CCC(=O)NCC1=O. The van der Waals surface area contributed by atoms with Gasteiger partial charge in [-0.2, -0.15) is 0 Å². The van der Waals surface area contributed by atoms with Gasteiger partial charge < -0.3 is 10.2 Å². The third kappa shape index (κ3) is 3.09. The molecular formula is C10H14N2O2. The van der Waals surface area contributed by atoms with E-state index in [1.807, 2.05) is 0 Å². The van der Waals surface area contributed by atoms with Crippen LogP contribution < -0.4 is 5.32 Å². The average Bonchev–Trinajstić information content (AvgIpc) is 2.33. The minimum Gasteiger partial charge on any atom is -0.347 e. The summed E-state index contributed by atoms with van der Waals surface area (Å²) in [6.07, 6.45) is 1.07. The van der Waals surface area contributed by atoms with Gasteiger partial charge in [0.05, 0.1) is 6.54 Å². The maximum Gasteiger partial charge on any atom is 0.242 e. The number of rotatable bonds is 2. The maximum atomic E-state index is 11.4. The highest BCUT2D eigenvalue weighted by Gasteiger charge is 2.18. The van der Waals surface area contributed by atoms with E-state index in [1.165, 1.54) is 0 Å². The van der Waals surface area contributed by atoms with E-state index in [4.69, 9.17) is 0 Å². The average molecular weight is 194 g/mol. The number of hydrogen-bond acceptors (Lipinski definition) is 2. The fourth-order valence-electron chi connectivity index (χ4n) is 1.29. The van der Waals surface area contributed by atoms with E-state index < -0.39 is 0 Å². The first kappa shape index (κ1) is 10.6. The molecule has 2 amide bonds. The molecule has 0 saturated carbocycles. The largest absolute Gasteiger partial charge is 0.347 e. The van der Waals surface area contributed by atoms with Crippen molar-refractivity contribution in [2.75, 3.05) is 19.6 Å². The van der Waals surface area contributed by atoms with Crippen molar-refractivity contribution in [2.24, 2.45) is 0 Å². The molecule has 1 heterocycles. The minimum absolute atomic E-state index is 0.0197. The highest BCUT2D eigenvalue weighted by atomic mass is 16.2. The van der Waals surface area contributed by atoms with Gasteiger partial charge in [0, 0.05) is 25.9 Å². The van der Waals surface area contributed by atoms with Crippen LogP contribution in [0.2, 0.25) is 0 Å². The molecule has 1 fully saturated rings. The molecule has 4 nitrogen and oxygen atoms in total. The standard InChI is InChI=1S/C10H14N2O2/c1-2-3-4-6-12-7-5-9(13)11-8-10(12)14/h4-8H2,1H3,(H,11,13). The smallest absolute Gasteiger partial charge is 0.242 e. The Labute approximate surface area is 83.6 Å². The summed E-state index contributed by atoms with van der Waals surface area (Å²) >= 11 is 0. The van der Waals surface area contributed by atoms with Crippen LogP contribution in [0.3, 0.4) is 0 Å². The van der Waals surface area contributed by atoms with Crippen LogP contribution >= 0.6 is 0 Å². The van der Waals surface area contributed by atoms with Crippen molar-refractivity contribution in [2.45, 2.75) is 19.8 Å². The van der Waals surface area contributed by atoms with Crippen LogP contribution in [0.4, 0.5) is 0 Å². The Kier molecular flexibility index (Phi) is 3.99. The van der Waals surface area contributed by atoms with Crippen molar-refractivity contribution in [3.05, 3.63) is 0 Å². The molecule has 1 N–H and O–H groups in total. The van der Waals surface area contributed by atoms with Crippen molar-refractivity contribution in [1.29, 1.82) is 0 Å². The van der Waals surface area contributed by atoms with Crippen LogP contribution in [0.1, 0.15) is 19.8 Å². The van der Waals surface area contributed by atoms with Gasteiger partial charge in [-0.3, -0.25) is 9.59 Å². The minimum atomic E-state index is -0.0533. The molecule has 0 radical (unpaired) electrons. The summed E-state index contributed by atoms with van der Waals surface area (Å²) in [6, 6.07) is 0. The Bertz CT molecular complexity index is 288. The van der Waals surface area contributed by atoms with Crippen molar-refractivity contribution in [3.63, 3.8) is 0 Å². The van der Waals surface area contributed by atoms with Crippen molar-refractivity contribution >= 4 is 11.8 Å². The molecule has 14 heavy (non-hydrogen) atoms. The fraction of sp³-hybridized carbons (Fsp3) is 0.600. The molecule has 0 aliphatic carbocycles. The van der Waals surface area contributed by atoms with Crippen LogP contribution in [0.5, 0.6) is 0 Å². The number of carbonyl (C=O) groups excluding carboxylic acids is 2. The zero-order chi connectivity index (χ0) is 10.4. The van der Waals surface area contributed by atoms with E-state index in [0.717, 1.165) is 0 Å². The monoisotopic (exact) mass is 194 g/mol. The summed E-state index contributed by atoms with van der Waals surface area (Å²) in [7, 11) is 0. The zero-order valence-corrected chi connectivity index (χ0v) is 8.30. The lowest BCUT2D eigenvalue weighted by Gasteiger charge is -2.17. The third-order valence-corrected chi connectivity index (χ3v) is 2.08. The molecule has 0 aromatic carbocycles. The zero-order valence-electron chi connectivity index (χ0n) is 8.30. The van der Waals surface area contributed by atoms with Gasteiger partial charge in [-0.05, 0) is 6.92 Å². The Morgan fingerprint density at radius 3 is 3.00 bits per heavy atom. The van der Waals surface area contributed by atoms with Gasteiger partial charge in [0.2, 0.25) is 11.8 Å². The Morgan fingerprint density at radius 1 is 1.50 bits per heavy atom. The number of nitrogens with one attached hydrogen (secondary N) is 1. The second kappa shape index (κ2) is 5.28. The van der Waals surface area contributed by atoms with Gasteiger partial charge in [0.25, 0.3) is 0 Å². The van der Waals surface area contributed by atoms with E-state index >= 15 is 0 Å². The van der Waals surface area contributed by atoms with Gasteiger partial charge in [-0.1, -0.05) is 0 Å². The second-order valence-electron chi connectivity index (χ2n) is 3.08. The Morgan fingerprint density at radius 2 is 2.29 bits per heavy atom. The predicted molar refractivity (Wildman–Crippen MR) is 52.3 cm³/mol. The Hall–Kier alpha value is -1.50. The van der Waals surface area contributed by atoms with E-state index in [1.54, 1.807) is 11.8 Å². The fourth-order valence-corrected chi connectivity index (χ4v) is 1.29. The van der Waals surface area contributed by atoms with Crippen LogP contribution in [-0.4, -0.2) is 36.3 Å². The third-order valence-electron chi connectivity index (χ3n) is 2.08. The molecule has 0 aromatic rings. The predicted octanol–water partition coefficient (Wildman–Crippen LogP) is -0.252. The summed E-state index contributed by atoms with van der Waals surface area (Å²) < 4.78 is 0. The molecule has 0 atom stereocenters. The first-order valence-electron chi connectivity index (χ1n) is 4.68. The second-order valence-corrected chi connectivity index (χ2v) is 3.08. The summed E-state index contributed by atoms with van der Waals surface area (Å²) in [5.74, 6) is 5.60. The number of carbonyl (C=O) groups is 2. The molecule has 4 heteroatoms. The highest BCUT2D eigenvalue weighted by molar-refractivity contribution is 5.87. The first-order valence-corrected chi connectivity index (χ1v) is 4.68. The molecule has 1 aliphatic rings. The first-order chi connectivity index (χ1) is 6.74. The summed E-state index contributed by atoms with van der Waals surface area (Å²) in [5, 5.41) is 2.55. The lowest BCUT2D eigenvalue weighted by Crippen LogP contribution is -2.35. The normalized spacial score (nSPS) is 16.8. The van der Waals surface area contributed by atoms with Crippen molar-refractivity contribution in [3.8, 4) is 11.8 Å². The molecule has 0 unspecified atom stereocenters. The number of amides is 2. The molecule has 1 saturated heterocycles. The molecule has 0 aromatic heterocycles. The molecule has 1 rings (SSSR count). The van der Waals surface area contributed by atoms with E-state index in [-0.39, 0.29) is 18.4 Å². The molecule has 76 valence electrons. The van der Waals surface area contributed by atoms with Crippen LogP contribution in [0.15, 0.2) is 0 Å². The lowest BCUT2D eigenvalue weighted by atomic mass is 10.3. The summed E-state index contributed by atoms with van der Waals surface area (Å²) in [6.45, 7) is 3.03. The van der Waals surface area contributed by atoms with E-state index in [2.05, 4.69) is 17.2 Å². The van der Waals surface area contributed by atoms with Gasteiger partial charge in [0.15, 0.2) is 0 Å². The highest BCUT2D eigenvalue weighted by Crippen LogP contribution is 1.98.